The maximum absolute atomic E-state index is 12.3. The van der Waals surface area contributed by atoms with Gasteiger partial charge in [-0.2, -0.15) is 0 Å². The molecule has 0 radical (unpaired) electrons. The van der Waals surface area contributed by atoms with E-state index in [4.69, 9.17) is 0 Å². The van der Waals surface area contributed by atoms with Crippen LogP contribution in [0.4, 0.5) is 0 Å². The summed E-state index contributed by atoms with van der Waals surface area (Å²) >= 11 is 0. The number of para-hydroxylation sites is 1. The van der Waals surface area contributed by atoms with E-state index in [0.29, 0.717) is 24.8 Å². The molecule has 3 aromatic rings. The van der Waals surface area contributed by atoms with E-state index in [1.807, 2.05) is 28.8 Å². The van der Waals surface area contributed by atoms with E-state index in [2.05, 4.69) is 43.4 Å². The minimum Gasteiger partial charge on any atom is -0.477 e. The Kier molecular flexibility index (Phi) is 5.72. The molecule has 1 aliphatic carbocycles. The monoisotopic (exact) mass is 390 g/mol. The van der Waals surface area contributed by atoms with E-state index in [1.54, 1.807) is 0 Å². The van der Waals surface area contributed by atoms with Gasteiger partial charge in [-0.15, -0.1) is 0 Å². The van der Waals surface area contributed by atoms with Crippen LogP contribution in [0.1, 0.15) is 59.8 Å². The molecule has 4 nitrogen and oxygen atoms in total. The Labute approximate surface area is 172 Å². The van der Waals surface area contributed by atoms with Crippen molar-refractivity contribution in [2.24, 2.45) is 5.92 Å². The molecule has 1 aromatic heterocycles. The summed E-state index contributed by atoms with van der Waals surface area (Å²) in [5.41, 5.74) is 4.60. The normalized spacial score (nSPS) is 19.5. The van der Waals surface area contributed by atoms with Crippen molar-refractivity contribution in [3.05, 3.63) is 70.9 Å². The van der Waals surface area contributed by atoms with Gasteiger partial charge in [0.2, 0.25) is 0 Å². The highest BCUT2D eigenvalue weighted by atomic mass is 16.4. The molecule has 0 saturated heterocycles. The number of hydrogen-bond acceptors (Lipinski definition) is 2. The van der Waals surface area contributed by atoms with Crippen molar-refractivity contribution in [1.82, 2.24) is 9.88 Å². The second kappa shape index (κ2) is 8.42. The van der Waals surface area contributed by atoms with E-state index >= 15 is 0 Å². The lowest BCUT2D eigenvalue weighted by atomic mass is 9.87. The van der Waals surface area contributed by atoms with Crippen LogP contribution in [0.25, 0.3) is 10.9 Å². The molecule has 0 atom stereocenters. The zero-order chi connectivity index (χ0) is 20.4. The maximum Gasteiger partial charge on any atom is 0.352 e. The lowest BCUT2D eigenvalue weighted by molar-refractivity contribution is 0.0684. The topological polar surface area (TPSA) is 54.3 Å². The average molecular weight is 391 g/mol. The molecule has 4 heteroatoms. The molecular weight excluding hydrogens is 360 g/mol. The molecule has 29 heavy (non-hydrogen) atoms. The van der Waals surface area contributed by atoms with Gasteiger partial charge in [0.15, 0.2) is 0 Å². The molecule has 1 aliphatic rings. The molecule has 2 aromatic carbocycles. The fourth-order valence-corrected chi connectivity index (χ4v) is 4.67. The van der Waals surface area contributed by atoms with E-state index in [-0.39, 0.29) is 0 Å². The van der Waals surface area contributed by atoms with Gasteiger partial charge in [0.1, 0.15) is 5.69 Å². The zero-order valence-electron chi connectivity index (χ0n) is 17.3. The molecule has 1 fully saturated rings. The summed E-state index contributed by atoms with van der Waals surface area (Å²) in [6, 6.07) is 16.8. The lowest BCUT2D eigenvalue weighted by Crippen LogP contribution is -2.32. The highest BCUT2D eigenvalue weighted by Gasteiger charge is 2.24. The first-order valence-electron chi connectivity index (χ1n) is 10.6. The van der Waals surface area contributed by atoms with E-state index in [1.165, 1.54) is 31.2 Å². The van der Waals surface area contributed by atoms with Gasteiger partial charge in [-0.25, -0.2) is 4.79 Å². The summed E-state index contributed by atoms with van der Waals surface area (Å²) in [6.07, 6.45) is 4.84. The van der Waals surface area contributed by atoms with Crippen LogP contribution in [-0.4, -0.2) is 21.7 Å². The maximum atomic E-state index is 12.3. The van der Waals surface area contributed by atoms with Crippen LogP contribution in [0.15, 0.2) is 48.5 Å². The van der Waals surface area contributed by atoms with Gasteiger partial charge in [0, 0.05) is 35.6 Å². The van der Waals surface area contributed by atoms with Crippen molar-refractivity contribution in [3.63, 3.8) is 0 Å². The second-order valence-electron chi connectivity index (χ2n) is 8.56. The van der Waals surface area contributed by atoms with Crippen LogP contribution in [-0.2, 0) is 13.1 Å². The molecule has 152 valence electrons. The number of carbonyl (C=O) groups is 1. The number of hydrogen-bond donors (Lipinski definition) is 2. The van der Waals surface area contributed by atoms with Gasteiger partial charge >= 0.3 is 5.97 Å². The number of aryl methyl sites for hydroxylation is 1. The highest BCUT2D eigenvalue weighted by molar-refractivity contribution is 5.98. The Morgan fingerprint density at radius 3 is 2.59 bits per heavy atom. The van der Waals surface area contributed by atoms with E-state index in [9.17, 15) is 9.90 Å². The Hall–Kier alpha value is -2.59. The van der Waals surface area contributed by atoms with Gasteiger partial charge < -0.3 is 15.0 Å². The number of nitrogens with one attached hydrogen (secondary N) is 1. The first kappa shape index (κ1) is 19.7. The van der Waals surface area contributed by atoms with Gasteiger partial charge in [-0.3, -0.25) is 0 Å². The molecule has 0 amide bonds. The molecule has 0 spiro atoms. The van der Waals surface area contributed by atoms with Gasteiger partial charge in [0.25, 0.3) is 0 Å². The smallest absolute Gasteiger partial charge is 0.352 e. The fourth-order valence-electron chi connectivity index (χ4n) is 4.67. The van der Waals surface area contributed by atoms with Crippen molar-refractivity contribution in [2.45, 2.75) is 58.7 Å². The lowest BCUT2D eigenvalue weighted by Gasteiger charge is -2.27. The standard InChI is InChI=1S/C25H30N2O2/c1-17-10-12-20(13-11-17)26-15-22-21-8-3-4-9-23(21)27(24(22)25(28)29)16-19-7-5-6-18(2)14-19/h3-9,14,17,20,26H,10-13,15-16H2,1-2H3,(H,28,29). The van der Waals surface area contributed by atoms with Crippen molar-refractivity contribution in [1.29, 1.82) is 0 Å². The number of nitrogens with zero attached hydrogens (tertiary/aromatic N) is 1. The molecule has 4 rings (SSSR count). The molecule has 2 N–H and O–H groups in total. The van der Waals surface area contributed by atoms with Crippen molar-refractivity contribution in [3.8, 4) is 0 Å². The first-order valence-corrected chi connectivity index (χ1v) is 10.6. The molecule has 0 aliphatic heterocycles. The second-order valence-corrected chi connectivity index (χ2v) is 8.56. The number of benzene rings is 2. The quantitative estimate of drug-likeness (QED) is 0.595. The van der Waals surface area contributed by atoms with Crippen LogP contribution in [0.2, 0.25) is 0 Å². The Balaban J connectivity index is 1.70. The van der Waals surface area contributed by atoms with E-state index < -0.39 is 5.97 Å². The van der Waals surface area contributed by atoms with Crippen molar-refractivity contribution >= 4 is 16.9 Å². The largest absolute Gasteiger partial charge is 0.477 e. The number of fused-ring (bicyclic) bond motifs is 1. The predicted octanol–water partition coefficient (Wildman–Crippen LogP) is 5.36. The molecule has 0 bridgehead atoms. The predicted molar refractivity (Wildman–Crippen MR) is 117 cm³/mol. The summed E-state index contributed by atoms with van der Waals surface area (Å²) < 4.78 is 1.96. The zero-order valence-corrected chi connectivity index (χ0v) is 17.3. The molecular formula is C25H30N2O2. The van der Waals surface area contributed by atoms with Gasteiger partial charge in [-0.1, -0.05) is 55.0 Å². The van der Waals surface area contributed by atoms with Gasteiger partial charge in [-0.05, 0) is 50.2 Å². The Morgan fingerprint density at radius 1 is 1.10 bits per heavy atom. The summed E-state index contributed by atoms with van der Waals surface area (Å²) in [6.45, 7) is 5.54. The minimum absolute atomic E-state index is 0.407. The SMILES string of the molecule is Cc1cccc(Cn2c(C(=O)O)c(CNC3CCC(C)CC3)c3ccccc32)c1. The summed E-state index contributed by atoms with van der Waals surface area (Å²) in [7, 11) is 0. The van der Waals surface area contributed by atoms with E-state index in [0.717, 1.165) is 27.9 Å². The molecule has 0 unspecified atom stereocenters. The fraction of sp³-hybridized carbons (Fsp3) is 0.400. The summed E-state index contributed by atoms with van der Waals surface area (Å²) in [5.74, 6) is -0.0539. The van der Waals surface area contributed by atoms with Crippen molar-refractivity contribution < 1.29 is 9.90 Å². The number of rotatable bonds is 6. The molecule has 1 heterocycles. The van der Waals surface area contributed by atoms with Gasteiger partial charge in [0.05, 0.1) is 0 Å². The third-order valence-electron chi connectivity index (χ3n) is 6.28. The third-order valence-corrected chi connectivity index (χ3v) is 6.28. The Morgan fingerprint density at radius 2 is 1.86 bits per heavy atom. The van der Waals surface area contributed by atoms with Crippen LogP contribution in [0.3, 0.4) is 0 Å². The molecule has 1 saturated carbocycles. The average Bonchev–Trinajstić information content (AvgIpc) is 3.01. The number of aromatic nitrogens is 1. The van der Waals surface area contributed by atoms with Crippen LogP contribution >= 0.6 is 0 Å². The first-order chi connectivity index (χ1) is 14.0. The highest BCUT2D eigenvalue weighted by Crippen LogP contribution is 2.29. The van der Waals surface area contributed by atoms with Crippen molar-refractivity contribution in [2.75, 3.05) is 0 Å². The number of aromatic carboxylic acids is 1. The van der Waals surface area contributed by atoms with Crippen LogP contribution in [0.5, 0.6) is 0 Å². The summed E-state index contributed by atoms with van der Waals surface area (Å²) in [5, 5.41) is 14.8. The van der Waals surface area contributed by atoms with Crippen LogP contribution < -0.4 is 5.32 Å². The minimum atomic E-state index is -0.858. The third kappa shape index (κ3) is 4.23. The number of carboxylic acid groups (broad SMARTS) is 1. The van der Waals surface area contributed by atoms with Crippen LogP contribution in [0, 0.1) is 12.8 Å². The Bertz CT molecular complexity index is 1010. The number of carboxylic acids is 1. The summed E-state index contributed by atoms with van der Waals surface area (Å²) in [4.78, 5) is 12.3.